The maximum Gasteiger partial charge on any atom is 0.290 e. The first-order valence-corrected chi connectivity index (χ1v) is 17.2. The lowest BCUT2D eigenvalue weighted by Crippen LogP contribution is -2.64. The van der Waals surface area contributed by atoms with Crippen molar-refractivity contribution >= 4 is 30.0 Å². The number of allylic oxidation sites excluding steroid dienone is 1. The van der Waals surface area contributed by atoms with Crippen molar-refractivity contribution in [1.82, 2.24) is 16.0 Å². The van der Waals surface area contributed by atoms with Crippen LogP contribution in [0.4, 0.5) is 4.39 Å². The summed E-state index contributed by atoms with van der Waals surface area (Å²) in [5, 5.41) is 48.5. The average Bonchev–Trinajstić information content (AvgIpc) is 3.33. The lowest BCUT2D eigenvalue weighted by Gasteiger charge is -2.44. The SMILES string of the molecule is CC(C)C[C@@H]1CCO[C@@H]2[C@H](CN[C@@H]2C(=O)N[C@@H]2C/C=C\C[C@H](CNC(=O)c3ccc(F)cc3)S[C@H]3O[C@H]2[C@H](O)[C@H](O)[C@H]3O)C1.O=CO. The molecule has 262 valence electrons. The number of hydrogen-bond donors (Lipinski definition) is 7. The van der Waals surface area contributed by atoms with Gasteiger partial charge in [0.1, 0.15) is 41.7 Å². The monoisotopic (exact) mass is 681 g/mol. The zero-order chi connectivity index (χ0) is 34.1. The van der Waals surface area contributed by atoms with Gasteiger partial charge in [-0.2, -0.15) is 0 Å². The molecular formula is C33H48FN3O9S. The fourth-order valence-electron chi connectivity index (χ4n) is 6.92. The summed E-state index contributed by atoms with van der Waals surface area (Å²) in [6, 6.07) is 4.06. The van der Waals surface area contributed by atoms with Gasteiger partial charge in [-0.1, -0.05) is 26.0 Å². The second-order valence-electron chi connectivity index (χ2n) is 13.1. The Balaban J connectivity index is 0.00000160. The first kappa shape index (κ1) is 37.2. The van der Waals surface area contributed by atoms with Crippen LogP contribution in [0.5, 0.6) is 0 Å². The number of amides is 2. The lowest BCUT2D eigenvalue weighted by molar-refractivity contribution is -0.205. The van der Waals surface area contributed by atoms with Gasteiger partial charge in [-0.25, -0.2) is 4.39 Å². The largest absolute Gasteiger partial charge is 0.483 e. The summed E-state index contributed by atoms with van der Waals surface area (Å²) < 4.78 is 25.7. The van der Waals surface area contributed by atoms with Crippen LogP contribution in [0.1, 0.15) is 56.3 Å². The predicted octanol–water partition coefficient (Wildman–Crippen LogP) is 1.43. The van der Waals surface area contributed by atoms with Gasteiger partial charge in [-0.05, 0) is 74.1 Å². The first-order valence-electron chi connectivity index (χ1n) is 16.3. The fraction of sp³-hybridized carbons (Fsp3) is 0.667. The summed E-state index contributed by atoms with van der Waals surface area (Å²) in [5.74, 6) is 0.403. The molecule has 2 bridgehead atoms. The van der Waals surface area contributed by atoms with E-state index in [1.807, 2.05) is 12.2 Å². The summed E-state index contributed by atoms with van der Waals surface area (Å²) in [5.41, 5.74) is -0.584. The number of rotatable bonds is 7. The highest BCUT2D eigenvalue weighted by atomic mass is 32.2. The number of benzene rings is 1. The summed E-state index contributed by atoms with van der Waals surface area (Å²) in [6.45, 7) is 5.77. The van der Waals surface area contributed by atoms with E-state index < -0.39 is 47.8 Å². The van der Waals surface area contributed by atoms with Crippen molar-refractivity contribution in [1.29, 1.82) is 0 Å². The molecule has 3 fully saturated rings. The standard InChI is InChI=1S/C32H46FN3O7S.CH2O2/c1-17(2)13-18-11-12-42-28-20(14-18)15-34-24(28)31(41)36-23-6-4-3-5-22(16-35-30(40)19-7-9-21(33)10-8-19)44-32-27(39)25(37)26(38)29(23)43-32;2-1-3/h3-4,7-10,17-18,20,22-29,32,34,37-39H,5-6,11-16H2,1-2H3,(H,35,40)(H,36,41);1H,(H,2,3)/b4-3-;/t18-,20-,22+,23+,24-,25-,26+,27+,28+,29+,32+;/m0./s1. The Morgan fingerprint density at radius 2 is 1.79 bits per heavy atom. The number of hydrogen-bond acceptors (Lipinski definition) is 10. The van der Waals surface area contributed by atoms with Crippen molar-refractivity contribution in [2.24, 2.45) is 17.8 Å². The van der Waals surface area contributed by atoms with Crippen LogP contribution in [-0.2, 0) is 19.1 Å². The van der Waals surface area contributed by atoms with Gasteiger partial charge in [0.25, 0.3) is 12.4 Å². The first-order chi connectivity index (χ1) is 22.5. The molecule has 7 N–H and O–H groups in total. The fourth-order valence-corrected chi connectivity index (χ4v) is 8.21. The Hall–Kier alpha value is -2.59. The van der Waals surface area contributed by atoms with Crippen molar-refractivity contribution in [2.45, 2.75) is 99.2 Å². The summed E-state index contributed by atoms with van der Waals surface area (Å²) in [4.78, 5) is 34.6. The molecule has 0 unspecified atom stereocenters. The van der Waals surface area contributed by atoms with Gasteiger partial charge in [-0.3, -0.25) is 14.4 Å². The highest BCUT2D eigenvalue weighted by Gasteiger charge is 2.49. The van der Waals surface area contributed by atoms with E-state index >= 15 is 0 Å². The lowest BCUT2D eigenvalue weighted by atomic mass is 9.85. The van der Waals surface area contributed by atoms with E-state index in [9.17, 15) is 29.3 Å². The van der Waals surface area contributed by atoms with E-state index in [1.165, 1.54) is 36.0 Å². The third kappa shape index (κ3) is 9.97. The van der Waals surface area contributed by atoms with Crippen LogP contribution < -0.4 is 16.0 Å². The van der Waals surface area contributed by atoms with Crippen molar-refractivity contribution in [2.75, 3.05) is 19.7 Å². The number of aliphatic hydroxyl groups excluding tert-OH is 3. The Morgan fingerprint density at radius 1 is 1.09 bits per heavy atom. The molecule has 1 aromatic rings. The quantitative estimate of drug-likeness (QED) is 0.163. The van der Waals surface area contributed by atoms with Gasteiger partial charge in [0, 0.05) is 30.5 Å². The second-order valence-corrected chi connectivity index (χ2v) is 14.5. The Morgan fingerprint density at radius 3 is 2.49 bits per heavy atom. The zero-order valence-electron chi connectivity index (χ0n) is 26.7. The van der Waals surface area contributed by atoms with Crippen LogP contribution in [0.3, 0.4) is 0 Å². The van der Waals surface area contributed by atoms with Crippen molar-refractivity contribution in [3.05, 3.63) is 47.8 Å². The summed E-state index contributed by atoms with van der Waals surface area (Å²) in [6.07, 6.45) is 2.35. The summed E-state index contributed by atoms with van der Waals surface area (Å²) in [7, 11) is 0. The molecule has 12 nitrogen and oxygen atoms in total. The van der Waals surface area contributed by atoms with Crippen LogP contribution in [0.15, 0.2) is 36.4 Å². The van der Waals surface area contributed by atoms with Crippen LogP contribution in [0.2, 0.25) is 0 Å². The Bertz CT molecular complexity index is 1210. The highest BCUT2D eigenvalue weighted by Crippen LogP contribution is 2.36. The maximum absolute atomic E-state index is 13.6. The number of fused-ring (bicyclic) bond motifs is 3. The van der Waals surface area contributed by atoms with Crippen LogP contribution >= 0.6 is 11.8 Å². The molecule has 47 heavy (non-hydrogen) atoms. The minimum absolute atomic E-state index is 0.226. The molecule has 0 aromatic heterocycles. The number of carbonyl (C=O) groups is 3. The molecule has 11 atom stereocenters. The minimum Gasteiger partial charge on any atom is -0.483 e. The van der Waals surface area contributed by atoms with E-state index in [2.05, 4.69) is 29.8 Å². The van der Waals surface area contributed by atoms with Gasteiger partial charge in [-0.15, -0.1) is 11.8 Å². The molecule has 5 rings (SSSR count). The van der Waals surface area contributed by atoms with Gasteiger partial charge < -0.3 is 45.9 Å². The average molecular weight is 682 g/mol. The molecule has 4 aliphatic rings. The third-order valence-electron chi connectivity index (χ3n) is 9.16. The molecule has 4 aliphatic heterocycles. The number of nitrogens with one attached hydrogen (secondary N) is 3. The number of carbonyl (C=O) groups excluding carboxylic acids is 2. The van der Waals surface area contributed by atoms with E-state index in [-0.39, 0.29) is 42.1 Å². The number of halogens is 1. The zero-order valence-corrected chi connectivity index (χ0v) is 27.6. The molecule has 0 spiro atoms. The number of thioether (sulfide) groups is 1. The Kier molecular flexibility index (Phi) is 14.0. The van der Waals surface area contributed by atoms with Crippen LogP contribution in [0, 0.1) is 23.6 Å². The topological polar surface area (TPSA) is 187 Å². The molecule has 4 heterocycles. The van der Waals surface area contributed by atoms with E-state index in [4.69, 9.17) is 19.4 Å². The molecule has 1 aromatic carbocycles. The van der Waals surface area contributed by atoms with Crippen LogP contribution in [0.25, 0.3) is 0 Å². The normalized spacial score (nSPS) is 36.1. The van der Waals surface area contributed by atoms with Gasteiger partial charge in [0.05, 0.1) is 12.1 Å². The highest BCUT2D eigenvalue weighted by molar-refractivity contribution is 8.00. The second kappa shape index (κ2) is 17.7. The van der Waals surface area contributed by atoms with Gasteiger partial charge >= 0.3 is 0 Å². The maximum atomic E-state index is 13.6. The number of aliphatic hydroxyl groups is 3. The van der Waals surface area contributed by atoms with Gasteiger partial charge in [0.15, 0.2) is 0 Å². The van der Waals surface area contributed by atoms with Crippen molar-refractivity contribution < 1.29 is 48.7 Å². The smallest absolute Gasteiger partial charge is 0.290 e. The minimum atomic E-state index is -1.49. The van der Waals surface area contributed by atoms with E-state index in [0.29, 0.717) is 43.4 Å². The summed E-state index contributed by atoms with van der Waals surface area (Å²) >= 11 is 1.25. The number of ether oxygens (including phenoxy) is 2. The molecule has 14 heteroatoms. The van der Waals surface area contributed by atoms with Crippen LogP contribution in [-0.4, -0.2) is 112 Å². The molecule has 2 amide bonds. The Labute approximate surface area is 278 Å². The molecule has 0 aliphatic carbocycles. The predicted molar refractivity (Wildman–Crippen MR) is 173 cm³/mol. The van der Waals surface area contributed by atoms with Crippen molar-refractivity contribution in [3.8, 4) is 0 Å². The third-order valence-corrected chi connectivity index (χ3v) is 10.6. The number of carboxylic acid groups (broad SMARTS) is 1. The van der Waals surface area contributed by atoms with Gasteiger partial charge in [0.2, 0.25) is 5.91 Å². The molecule has 0 saturated carbocycles. The molecule has 0 radical (unpaired) electrons. The van der Waals surface area contributed by atoms with E-state index in [1.54, 1.807) is 0 Å². The van der Waals surface area contributed by atoms with Crippen molar-refractivity contribution in [3.63, 3.8) is 0 Å². The molecule has 3 saturated heterocycles. The molecular weight excluding hydrogens is 633 g/mol. The van der Waals surface area contributed by atoms with E-state index in [0.717, 1.165) is 19.3 Å².